The summed E-state index contributed by atoms with van der Waals surface area (Å²) >= 11 is 1.63. The van der Waals surface area contributed by atoms with Crippen LogP contribution in [-0.2, 0) is 11.2 Å². The van der Waals surface area contributed by atoms with Crippen LogP contribution in [0, 0.1) is 13.8 Å². The number of amides is 1. The Morgan fingerprint density at radius 3 is 2.88 bits per heavy atom. The predicted molar refractivity (Wildman–Crippen MR) is 97.5 cm³/mol. The summed E-state index contributed by atoms with van der Waals surface area (Å²) in [6.07, 6.45) is 4.36. The molecule has 2 aromatic rings. The Morgan fingerprint density at radius 2 is 2.21 bits per heavy atom. The molecule has 1 aliphatic heterocycles. The average molecular weight is 344 g/mol. The Balaban J connectivity index is 1.79. The number of thiazole rings is 1. The summed E-state index contributed by atoms with van der Waals surface area (Å²) in [5.74, 6) is 1.13. The molecule has 0 bridgehead atoms. The minimum Gasteiger partial charge on any atom is -0.363 e. The molecule has 24 heavy (non-hydrogen) atoms. The van der Waals surface area contributed by atoms with E-state index in [9.17, 15) is 4.79 Å². The van der Waals surface area contributed by atoms with Crippen molar-refractivity contribution in [3.8, 4) is 0 Å². The van der Waals surface area contributed by atoms with Crippen LogP contribution < -0.4 is 4.90 Å². The smallest absolute Gasteiger partial charge is 0.228 e. The van der Waals surface area contributed by atoms with E-state index in [-0.39, 0.29) is 11.9 Å². The van der Waals surface area contributed by atoms with Crippen LogP contribution in [0.25, 0.3) is 0 Å². The van der Waals surface area contributed by atoms with Gasteiger partial charge in [0.25, 0.3) is 0 Å². The number of aromatic nitrogens is 2. The Morgan fingerprint density at radius 1 is 1.42 bits per heavy atom. The molecule has 5 nitrogen and oxygen atoms in total. The predicted octanol–water partition coefficient (Wildman–Crippen LogP) is 3.13. The molecule has 0 N–H and O–H groups in total. The van der Waals surface area contributed by atoms with Crippen molar-refractivity contribution < 1.29 is 4.79 Å². The molecule has 0 saturated carbocycles. The monoisotopic (exact) mass is 344 g/mol. The number of carbonyl (C=O) groups excluding carboxylic acids is 1. The van der Waals surface area contributed by atoms with E-state index in [2.05, 4.69) is 16.0 Å². The van der Waals surface area contributed by atoms with E-state index >= 15 is 0 Å². The molecule has 1 amide bonds. The minimum atomic E-state index is 0.161. The van der Waals surface area contributed by atoms with Crippen molar-refractivity contribution in [1.82, 2.24) is 14.9 Å². The van der Waals surface area contributed by atoms with E-state index in [1.54, 1.807) is 11.3 Å². The lowest BCUT2D eigenvalue weighted by molar-refractivity contribution is -0.131. The Labute approximate surface area is 147 Å². The number of aryl methyl sites for hydroxylation is 2. The van der Waals surface area contributed by atoms with E-state index in [0.29, 0.717) is 6.42 Å². The van der Waals surface area contributed by atoms with Crippen LogP contribution in [0.1, 0.15) is 40.0 Å². The zero-order valence-corrected chi connectivity index (χ0v) is 15.6. The molecule has 1 saturated heterocycles. The first kappa shape index (κ1) is 16.9. The highest BCUT2D eigenvalue weighted by Gasteiger charge is 2.30. The second-order valence-electron chi connectivity index (χ2n) is 6.51. The summed E-state index contributed by atoms with van der Waals surface area (Å²) in [4.78, 5) is 26.8. The van der Waals surface area contributed by atoms with Crippen LogP contribution in [0.5, 0.6) is 0 Å². The third kappa shape index (κ3) is 3.43. The summed E-state index contributed by atoms with van der Waals surface area (Å²) in [6, 6.07) is 4.29. The Bertz CT molecular complexity index is 740. The fourth-order valence-corrected chi connectivity index (χ4v) is 4.20. The van der Waals surface area contributed by atoms with Crippen molar-refractivity contribution in [2.75, 3.05) is 25.5 Å². The van der Waals surface area contributed by atoms with Gasteiger partial charge in [0, 0.05) is 31.7 Å². The van der Waals surface area contributed by atoms with Gasteiger partial charge in [-0.15, -0.1) is 11.3 Å². The summed E-state index contributed by atoms with van der Waals surface area (Å²) in [5.41, 5.74) is 2.16. The summed E-state index contributed by atoms with van der Waals surface area (Å²) in [6.45, 7) is 4.81. The fraction of sp³-hybridized carbons (Fsp3) is 0.500. The highest BCUT2D eigenvalue weighted by atomic mass is 32.1. The standard InChI is InChI=1S/C18H24N4OS/c1-12-16(24-13(2)20-12)11-18(23)22-9-5-6-15(22)14-7-8-19-17(10-14)21(3)4/h7-8,10,15H,5-6,9,11H2,1-4H3/t15-/m0/s1. The van der Waals surface area contributed by atoms with Gasteiger partial charge in [-0.25, -0.2) is 9.97 Å². The van der Waals surface area contributed by atoms with Crippen molar-refractivity contribution in [3.63, 3.8) is 0 Å². The number of carbonyl (C=O) groups is 1. The topological polar surface area (TPSA) is 49.3 Å². The second-order valence-corrected chi connectivity index (χ2v) is 7.79. The van der Waals surface area contributed by atoms with Crippen LogP contribution in [-0.4, -0.2) is 41.4 Å². The maximum absolute atomic E-state index is 12.9. The maximum Gasteiger partial charge on any atom is 0.228 e. The Kier molecular flexibility index (Phi) is 4.85. The third-order valence-corrected chi connectivity index (χ3v) is 5.57. The van der Waals surface area contributed by atoms with Crippen LogP contribution in [0.2, 0.25) is 0 Å². The van der Waals surface area contributed by atoms with Crippen molar-refractivity contribution in [3.05, 3.63) is 39.5 Å². The van der Waals surface area contributed by atoms with Crippen LogP contribution in [0.15, 0.2) is 18.3 Å². The highest BCUT2D eigenvalue weighted by Crippen LogP contribution is 2.33. The first-order valence-corrected chi connectivity index (χ1v) is 9.13. The number of hydrogen-bond donors (Lipinski definition) is 0. The molecule has 0 spiro atoms. The number of pyridine rings is 1. The molecule has 1 atom stereocenters. The highest BCUT2D eigenvalue weighted by molar-refractivity contribution is 7.11. The molecular weight excluding hydrogens is 320 g/mol. The molecule has 1 aliphatic rings. The average Bonchev–Trinajstić information content (AvgIpc) is 3.14. The van der Waals surface area contributed by atoms with Gasteiger partial charge >= 0.3 is 0 Å². The molecule has 0 radical (unpaired) electrons. The van der Waals surface area contributed by atoms with Gasteiger partial charge in [0.2, 0.25) is 5.91 Å². The number of likely N-dealkylation sites (tertiary alicyclic amines) is 1. The first-order valence-electron chi connectivity index (χ1n) is 8.31. The number of hydrogen-bond acceptors (Lipinski definition) is 5. The molecule has 3 heterocycles. The number of rotatable bonds is 4. The number of anilines is 1. The van der Waals surface area contributed by atoms with Gasteiger partial charge in [-0.1, -0.05) is 0 Å². The lowest BCUT2D eigenvalue weighted by Gasteiger charge is -2.26. The van der Waals surface area contributed by atoms with E-state index < -0.39 is 0 Å². The fourth-order valence-electron chi connectivity index (χ4n) is 3.27. The molecule has 3 rings (SSSR count). The van der Waals surface area contributed by atoms with Crippen molar-refractivity contribution in [2.24, 2.45) is 0 Å². The van der Waals surface area contributed by atoms with Crippen molar-refractivity contribution in [1.29, 1.82) is 0 Å². The zero-order valence-electron chi connectivity index (χ0n) is 14.7. The lowest BCUT2D eigenvalue weighted by Crippen LogP contribution is -2.32. The molecule has 0 unspecified atom stereocenters. The van der Waals surface area contributed by atoms with Crippen molar-refractivity contribution in [2.45, 2.75) is 39.2 Å². The van der Waals surface area contributed by atoms with Gasteiger partial charge in [-0.2, -0.15) is 0 Å². The van der Waals surface area contributed by atoms with E-state index in [4.69, 9.17) is 0 Å². The van der Waals surface area contributed by atoms with E-state index in [1.807, 2.05) is 50.0 Å². The van der Waals surface area contributed by atoms with Crippen LogP contribution >= 0.6 is 11.3 Å². The Hall–Kier alpha value is -1.95. The second kappa shape index (κ2) is 6.89. The SMILES string of the molecule is Cc1nc(C)c(CC(=O)N2CCC[C@H]2c2ccnc(N(C)C)c2)s1. The van der Waals surface area contributed by atoms with Gasteiger partial charge in [0.1, 0.15) is 5.82 Å². The van der Waals surface area contributed by atoms with Gasteiger partial charge in [0.15, 0.2) is 0 Å². The van der Waals surface area contributed by atoms with E-state index in [0.717, 1.165) is 40.8 Å². The lowest BCUT2D eigenvalue weighted by atomic mass is 10.1. The van der Waals surface area contributed by atoms with Crippen molar-refractivity contribution >= 4 is 23.1 Å². The summed E-state index contributed by atoms with van der Waals surface area (Å²) in [5, 5.41) is 1.03. The molecule has 2 aromatic heterocycles. The zero-order chi connectivity index (χ0) is 17.3. The van der Waals surface area contributed by atoms with Gasteiger partial charge < -0.3 is 9.80 Å². The van der Waals surface area contributed by atoms with Crippen LogP contribution in [0.4, 0.5) is 5.82 Å². The van der Waals surface area contributed by atoms with Gasteiger partial charge in [0.05, 0.1) is 23.2 Å². The van der Waals surface area contributed by atoms with Crippen LogP contribution in [0.3, 0.4) is 0 Å². The molecule has 128 valence electrons. The first-order chi connectivity index (χ1) is 11.5. The number of nitrogens with zero attached hydrogens (tertiary/aromatic N) is 4. The minimum absolute atomic E-state index is 0.161. The molecule has 6 heteroatoms. The van der Waals surface area contributed by atoms with E-state index in [1.165, 1.54) is 5.56 Å². The summed E-state index contributed by atoms with van der Waals surface area (Å²) in [7, 11) is 3.97. The van der Waals surface area contributed by atoms with Gasteiger partial charge in [-0.05, 0) is 44.4 Å². The normalized spacial score (nSPS) is 17.3. The largest absolute Gasteiger partial charge is 0.363 e. The maximum atomic E-state index is 12.9. The quantitative estimate of drug-likeness (QED) is 0.855. The molecular formula is C18H24N4OS. The molecule has 1 fully saturated rings. The molecule has 0 aliphatic carbocycles. The third-order valence-electron chi connectivity index (χ3n) is 4.50. The molecule has 0 aromatic carbocycles. The summed E-state index contributed by atoms with van der Waals surface area (Å²) < 4.78 is 0. The van der Waals surface area contributed by atoms with Gasteiger partial charge in [-0.3, -0.25) is 4.79 Å².